The summed E-state index contributed by atoms with van der Waals surface area (Å²) >= 11 is 0. The monoisotopic (exact) mass is 1140 g/mol. The third kappa shape index (κ3) is 44.7. The number of unbranched alkanes of at least 4 members (excludes halogenated alkanes) is 27. The Balaban J connectivity index is 2.61. The molecule has 1 aliphatic rings. The van der Waals surface area contributed by atoms with Crippen molar-refractivity contribution in [1.29, 1.82) is 0 Å². The number of carbonyl (C=O) groups excluding carboxylic acids is 2. The van der Waals surface area contributed by atoms with Gasteiger partial charge in [0.05, 0.1) is 25.4 Å². The van der Waals surface area contributed by atoms with Crippen LogP contribution in [-0.2, 0) is 23.8 Å². The van der Waals surface area contributed by atoms with Gasteiger partial charge in [-0.1, -0.05) is 259 Å². The second-order valence-electron chi connectivity index (χ2n) is 22.5. The largest absolute Gasteiger partial charge is 0.454 e. The maximum atomic E-state index is 13.4. The minimum atomic E-state index is -1.62. The molecule has 11 nitrogen and oxygen atoms in total. The molecule has 0 spiro atoms. The van der Waals surface area contributed by atoms with Crippen molar-refractivity contribution in [3.05, 3.63) is 97.2 Å². The van der Waals surface area contributed by atoms with E-state index in [1.54, 1.807) is 6.08 Å². The molecule has 8 atom stereocenters. The lowest BCUT2D eigenvalue weighted by atomic mass is 9.99. The minimum absolute atomic E-state index is 0.114. The van der Waals surface area contributed by atoms with E-state index in [-0.39, 0.29) is 19.4 Å². The van der Waals surface area contributed by atoms with Crippen molar-refractivity contribution in [2.45, 2.75) is 320 Å². The molecule has 81 heavy (non-hydrogen) atoms. The van der Waals surface area contributed by atoms with Crippen molar-refractivity contribution in [1.82, 2.24) is 5.32 Å². The van der Waals surface area contributed by atoms with Crippen LogP contribution in [0.4, 0.5) is 0 Å². The highest BCUT2D eigenvalue weighted by atomic mass is 16.7. The van der Waals surface area contributed by atoms with Gasteiger partial charge in [-0.2, -0.15) is 0 Å². The number of nitrogens with one attached hydrogen (secondary N) is 1. The fourth-order valence-corrected chi connectivity index (χ4v) is 9.77. The number of hydrogen-bond acceptors (Lipinski definition) is 10. The van der Waals surface area contributed by atoms with Crippen molar-refractivity contribution in [3.8, 4) is 0 Å². The van der Waals surface area contributed by atoms with Gasteiger partial charge in [0.25, 0.3) is 0 Å². The molecular formula is C70H121NO10. The summed E-state index contributed by atoms with van der Waals surface area (Å²) in [4.78, 5) is 26.6. The summed E-state index contributed by atoms with van der Waals surface area (Å²) < 4.78 is 17.6. The Morgan fingerprint density at radius 2 is 0.889 bits per heavy atom. The van der Waals surface area contributed by atoms with Crippen molar-refractivity contribution in [2.24, 2.45) is 0 Å². The maximum Gasteiger partial charge on any atom is 0.306 e. The number of aliphatic hydroxyl groups excluding tert-OH is 5. The Hall–Kier alpha value is -3.42. The van der Waals surface area contributed by atoms with Crippen LogP contribution in [-0.4, -0.2) is 99.6 Å². The first-order chi connectivity index (χ1) is 39.7. The first-order valence-corrected chi connectivity index (χ1v) is 33.0. The van der Waals surface area contributed by atoms with E-state index in [9.17, 15) is 35.1 Å². The van der Waals surface area contributed by atoms with Gasteiger partial charge in [0.2, 0.25) is 5.91 Å². The number of aliphatic hydroxyl groups is 5. The third-order valence-corrected chi connectivity index (χ3v) is 15.0. The smallest absolute Gasteiger partial charge is 0.306 e. The minimum Gasteiger partial charge on any atom is -0.454 e. The van der Waals surface area contributed by atoms with Gasteiger partial charge in [0, 0.05) is 6.42 Å². The number of carbonyl (C=O) groups is 2. The van der Waals surface area contributed by atoms with E-state index in [2.05, 4.69) is 111 Å². The number of amides is 1. The lowest BCUT2D eigenvalue weighted by Gasteiger charge is -2.41. The van der Waals surface area contributed by atoms with Gasteiger partial charge in [-0.25, -0.2) is 0 Å². The van der Waals surface area contributed by atoms with E-state index in [1.165, 1.54) is 96.3 Å². The quantitative estimate of drug-likeness (QED) is 0.0195. The van der Waals surface area contributed by atoms with Gasteiger partial charge in [-0.05, 0) is 103 Å². The molecule has 0 bridgehead atoms. The lowest BCUT2D eigenvalue weighted by molar-refractivity contribution is -0.305. The molecule has 1 rings (SSSR count). The number of ether oxygens (including phenoxy) is 3. The van der Waals surface area contributed by atoms with Crippen LogP contribution in [0.3, 0.4) is 0 Å². The number of rotatable bonds is 55. The molecule has 1 heterocycles. The number of esters is 1. The van der Waals surface area contributed by atoms with E-state index in [4.69, 9.17) is 14.2 Å². The molecule has 0 aromatic rings. The van der Waals surface area contributed by atoms with Crippen molar-refractivity contribution >= 4 is 11.9 Å². The van der Waals surface area contributed by atoms with Gasteiger partial charge in [-0.15, -0.1) is 0 Å². The highest BCUT2D eigenvalue weighted by molar-refractivity contribution is 5.80. The molecule has 0 aliphatic carbocycles. The number of hydrogen-bond donors (Lipinski definition) is 6. The van der Waals surface area contributed by atoms with Crippen LogP contribution in [0.1, 0.15) is 271 Å². The van der Waals surface area contributed by atoms with Crippen molar-refractivity contribution in [3.63, 3.8) is 0 Å². The molecule has 1 fully saturated rings. The van der Waals surface area contributed by atoms with E-state index in [0.29, 0.717) is 12.8 Å². The SMILES string of the molecule is CC/C=C\C/C=C\C/C=C\C/C=C\C/C=C\C/C=C\CCCCCCCCCC(O)C(=O)NC(COC1OC(CO)C(O)C(O)C1OC(=O)CCCCCCCCC/C=C\CCCCCC)C(O)/C=C/CCCCCCCCCCC. The van der Waals surface area contributed by atoms with Crippen molar-refractivity contribution in [2.75, 3.05) is 13.2 Å². The summed E-state index contributed by atoms with van der Waals surface area (Å²) in [5.74, 6) is -1.21. The van der Waals surface area contributed by atoms with Gasteiger partial charge in [0.1, 0.15) is 24.4 Å². The summed E-state index contributed by atoms with van der Waals surface area (Å²) in [6.45, 7) is 5.65. The Morgan fingerprint density at radius 1 is 0.494 bits per heavy atom. The summed E-state index contributed by atoms with van der Waals surface area (Å²) in [5.41, 5.74) is 0. The zero-order chi connectivity index (χ0) is 58.9. The van der Waals surface area contributed by atoms with Crippen LogP contribution in [0, 0.1) is 0 Å². The van der Waals surface area contributed by atoms with E-state index >= 15 is 0 Å². The fourth-order valence-electron chi connectivity index (χ4n) is 9.77. The second kappa shape index (κ2) is 57.0. The normalized spacial score (nSPS) is 19.3. The predicted octanol–water partition coefficient (Wildman–Crippen LogP) is 16.3. The molecule has 0 aromatic heterocycles. The Kier molecular flexibility index (Phi) is 53.2. The van der Waals surface area contributed by atoms with Crippen LogP contribution in [0.25, 0.3) is 0 Å². The summed E-state index contributed by atoms with van der Waals surface area (Å²) in [6.07, 6.45) is 65.9. The molecule has 0 saturated carbocycles. The molecule has 11 heteroatoms. The Bertz CT molecular complexity index is 1690. The average Bonchev–Trinajstić information content (AvgIpc) is 3.51. The molecule has 0 aromatic carbocycles. The summed E-state index contributed by atoms with van der Waals surface area (Å²) in [6, 6.07) is -1.03. The van der Waals surface area contributed by atoms with Gasteiger partial charge >= 0.3 is 5.97 Å². The molecule has 0 radical (unpaired) electrons. The van der Waals surface area contributed by atoms with Crippen molar-refractivity contribution < 1.29 is 49.3 Å². The Morgan fingerprint density at radius 3 is 1.36 bits per heavy atom. The maximum absolute atomic E-state index is 13.4. The average molecular weight is 1140 g/mol. The van der Waals surface area contributed by atoms with Crippen LogP contribution in [0.2, 0.25) is 0 Å². The van der Waals surface area contributed by atoms with Gasteiger partial charge < -0.3 is 45.1 Å². The lowest BCUT2D eigenvalue weighted by Crippen LogP contribution is -2.61. The van der Waals surface area contributed by atoms with Gasteiger partial charge in [-0.3, -0.25) is 9.59 Å². The van der Waals surface area contributed by atoms with Crippen LogP contribution >= 0.6 is 0 Å². The van der Waals surface area contributed by atoms with Gasteiger partial charge in [0.15, 0.2) is 12.4 Å². The van der Waals surface area contributed by atoms with E-state index < -0.39 is 67.4 Å². The number of allylic oxidation sites excluding steroid dienone is 15. The van der Waals surface area contributed by atoms with Crippen LogP contribution in [0.15, 0.2) is 97.2 Å². The summed E-state index contributed by atoms with van der Waals surface area (Å²) in [5, 5.41) is 57.0. The molecule has 1 aliphatic heterocycles. The second-order valence-corrected chi connectivity index (χ2v) is 22.5. The van der Waals surface area contributed by atoms with E-state index in [1.807, 2.05) is 6.08 Å². The van der Waals surface area contributed by atoms with Crippen LogP contribution in [0.5, 0.6) is 0 Å². The molecular weight excluding hydrogens is 1010 g/mol. The zero-order valence-electron chi connectivity index (χ0n) is 51.6. The topological polar surface area (TPSA) is 175 Å². The molecule has 1 amide bonds. The highest BCUT2D eigenvalue weighted by Gasteiger charge is 2.47. The standard InChI is InChI=1S/C70H121NO10/c1-4-7-10-13-16-19-22-24-26-27-28-29-30-31-32-33-34-35-36-38-39-42-45-48-51-54-57-63(74)69(78)71-61(62(73)56-53-50-47-44-41-21-18-15-12-9-6-3)60-79-70-68(67(77)66(76)64(59-72)80-70)81-65(75)58-55-52-49-46-43-40-37-25-23-20-17-14-11-8-5-2/h7,10,16,19-20,23-24,26,28-29,31-32,34-35,53,56,61-64,66-68,70,72-74,76-77H,4-6,8-9,11-15,17-18,21-22,25,27,30,33,36-52,54-55,57-60H2,1-3H3,(H,71,78)/b10-7-,19-16-,23-20-,26-24-,29-28-,32-31-,35-34-,56-53+. The molecule has 6 N–H and O–H groups in total. The Labute approximate surface area is 495 Å². The van der Waals surface area contributed by atoms with E-state index in [0.717, 1.165) is 128 Å². The fraction of sp³-hybridized carbons (Fsp3) is 0.743. The summed E-state index contributed by atoms with van der Waals surface area (Å²) in [7, 11) is 0. The molecule has 8 unspecified atom stereocenters. The third-order valence-electron chi connectivity index (χ3n) is 15.0. The first-order valence-electron chi connectivity index (χ1n) is 33.0. The first kappa shape index (κ1) is 75.6. The van der Waals surface area contributed by atoms with Crippen LogP contribution < -0.4 is 5.32 Å². The predicted molar refractivity (Wildman–Crippen MR) is 338 cm³/mol. The molecule has 466 valence electrons. The molecule has 1 saturated heterocycles. The zero-order valence-corrected chi connectivity index (χ0v) is 51.6. The highest BCUT2D eigenvalue weighted by Crippen LogP contribution is 2.26.